The molecule has 12 rings (SSSR count). The molecular weight excluding hydrogens is 1210 g/mol. The van der Waals surface area contributed by atoms with Gasteiger partial charge in [-0.15, -0.1) is 0 Å². The molecular formula is C72H76O18P2. The van der Waals surface area contributed by atoms with E-state index in [9.17, 15) is 9.59 Å². The lowest BCUT2D eigenvalue weighted by atomic mass is 9.89. The van der Waals surface area contributed by atoms with E-state index in [0.717, 1.165) is 0 Å². The molecule has 4 aliphatic rings. The second kappa shape index (κ2) is 27.3. The lowest BCUT2D eigenvalue weighted by molar-refractivity contribution is -0.226. The van der Waals surface area contributed by atoms with Crippen LogP contribution < -0.4 is 27.1 Å². The van der Waals surface area contributed by atoms with Crippen LogP contribution in [0.1, 0.15) is 124 Å². The number of hydrogen-bond donors (Lipinski definition) is 0. The van der Waals surface area contributed by atoms with Gasteiger partial charge in [-0.2, -0.15) is 0 Å². The number of benzene rings is 8. The van der Waals surface area contributed by atoms with Gasteiger partial charge < -0.3 is 74.5 Å². The minimum atomic E-state index is -2.76. The van der Waals surface area contributed by atoms with Gasteiger partial charge in [0.15, 0.2) is 36.7 Å². The monoisotopic (exact) mass is 1290 g/mol. The van der Waals surface area contributed by atoms with E-state index in [2.05, 4.69) is 55.4 Å². The average Bonchev–Trinajstić information content (AvgIpc) is 0.732. The van der Waals surface area contributed by atoms with Crippen molar-refractivity contribution in [3.63, 3.8) is 0 Å². The highest BCUT2D eigenvalue weighted by molar-refractivity contribution is 7.43. The van der Waals surface area contributed by atoms with Gasteiger partial charge in [0.05, 0.1) is 89.3 Å². The summed E-state index contributed by atoms with van der Waals surface area (Å²) in [6, 6.07) is 47.5. The first-order valence-electron chi connectivity index (χ1n) is 30.5. The maximum atomic E-state index is 14.9. The molecule has 18 nitrogen and oxygen atoms in total. The molecule has 0 spiro atoms. The third-order valence-corrected chi connectivity index (χ3v) is 17.8. The Hall–Kier alpha value is -7.44. The van der Waals surface area contributed by atoms with E-state index < -0.39 is 54.3 Å². The van der Waals surface area contributed by atoms with Crippen molar-refractivity contribution in [3.05, 3.63) is 191 Å². The first-order valence-corrected chi connectivity index (χ1v) is 32.7. The topological polar surface area (TPSA) is 182 Å². The van der Waals surface area contributed by atoms with Crippen molar-refractivity contribution in [1.29, 1.82) is 0 Å². The van der Waals surface area contributed by atoms with Crippen molar-refractivity contribution in [3.8, 4) is 45.6 Å². The molecule has 0 radical (unpaired) electrons. The number of carbonyl (C=O) groups excluding carboxylic acids is 2. The standard InChI is InChI=1S/C72H76O18P2/c1-69(2)37-77-65(78-38-69)49-27-15-19-31-55(49)85-91(86-56-32-20-16-28-50(56)66-79-39-70(3,4)40-80-66)89-61-53(63(73)75-9)35-45-23-11-13-25-47(45)59(61)60-48-26-14-12-24-46(48)36-54(64(74)76-10)62(60)90-92(87-57-33-21-17-29-51(57)67-81-41-71(5,6)42-82-67)88-58-34-22-18-30-52(58)68-83-43-72(7,8)44-84-68/h11-36,65-68H,37-44H2,1-10H3. The van der Waals surface area contributed by atoms with Crippen LogP contribution in [0.4, 0.5) is 0 Å². The molecule has 482 valence electrons. The summed E-state index contributed by atoms with van der Waals surface area (Å²) in [6.45, 7) is 19.8. The van der Waals surface area contributed by atoms with Gasteiger partial charge in [-0.25, -0.2) is 9.59 Å². The number of esters is 2. The number of methoxy groups -OCH3 is 2. The van der Waals surface area contributed by atoms with E-state index in [1.165, 1.54) is 14.2 Å². The summed E-state index contributed by atoms with van der Waals surface area (Å²) in [5.41, 5.74) is 1.70. The Balaban J connectivity index is 1.07. The van der Waals surface area contributed by atoms with Gasteiger partial charge in [-0.1, -0.05) is 177 Å². The number of rotatable bonds is 19. The second-order valence-corrected chi connectivity index (χ2v) is 28.3. The van der Waals surface area contributed by atoms with Crippen LogP contribution in [0.5, 0.6) is 34.5 Å². The Morgan fingerprint density at radius 3 is 0.848 bits per heavy atom. The predicted molar refractivity (Wildman–Crippen MR) is 347 cm³/mol. The summed E-state index contributed by atoms with van der Waals surface area (Å²) in [6.07, 6.45) is -3.30. The predicted octanol–water partition coefficient (Wildman–Crippen LogP) is 17.0. The van der Waals surface area contributed by atoms with Crippen molar-refractivity contribution in [2.75, 3.05) is 67.1 Å². The molecule has 8 aromatic carbocycles. The highest BCUT2D eigenvalue weighted by Crippen LogP contribution is 2.58. The van der Waals surface area contributed by atoms with Gasteiger partial charge in [0.1, 0.15) is 34.1 Å². The van der Waals surface area contributed by atoms with E-state index in [-0.39, 0.29) is 55.4 Å². The van der Waals surface area contributed by atoms with Crippen LogP contribution in [0.3, 0.4) is 0 Å². The SMILES string of the molecule is COC(=O)c1cc2ccccc2c(-c2c(OP(Oc3ccccc3C3OCC(C)(C)CO3)Oc3ccccc3C3OCC(C)(C)CO3)c(C(=O)OC)cc3ccccc23)c1OP(Oc1ccccc1C1OCC(C)(C)CO1)Oc1ccccc1C1OCC(C)(C)CO1. The molecule has 0 atom stereocenters. The van der Waals surface area contributed by atoms with Gasteiger partial charge in [-0.3, -0.25) is 0 Å². The van der Waals surface area contributed by atoms with Crippen LogP contribution >= 0.6 is 17.2 Å². The van der Waals surface area contributed by atoms with E-state index in [1.54, 1.807) is 36.4 Å². The van der Waals surface area contributed by atoms with Gasteiger partial charge in [0.2, 0.25) is 0 Å². The van der Waals surface area contributed by atoms with Gasteiger partial charge >= 0.3 is 29.1 Å². The Bertz CT molecular complexity index is 3540. The maximum Gasteiger partial charge on any atom is 0.530 e. The minimum absolute atomic E-state index is 0.0349. The summed E-state index contributed by atoms with van der Waals surface area (Å²) >= 11 is 0. The number of ether oxygens (including phenoxy) is 10. The molecule has 4 heterocycles. The van der Waals surface area contributed by atoms with E-state index >= 15 is 0 Å². The third kappa shape index (κ3) is 14.5. The molecule has 0 amide bonds. The normalized spacial score (nSPS) is 18.5. The Kier molecular flexibility index (Phi) is 19.2. The molecule has 0 bridgehead atoms. The summed E-state index contributed by atoms with van der Waals surface area (Å²) < 4.78 is 105. The number of hydrogen-bond acceptors (Lipinski definition) is 18. The molecule has 8 aromatic rings. The number of fused-ring (bicyclic) bond motifs is 2. The maximum absolute atomic E-state index is 14.9. The molecule has 0 N–H and O–H groups in total. The third-order valence-electron chi connectivity index (χ3n) is 15.8. The molecule has 0 unspecified atom stereocenters. The lowest BCUT2D eigenvalue weighted by Crippen LogP contribution is -2.34. The molecule has 0 aliphatic carbocycles. The number of carbonyl (C=O) groups is 2. The average molecular weight is 1290 g/mol. The van der Waals surface area contributed by atoms with Gasteiger partial charge in [0.25, 0.3) is 0 Å². The molecule has 20 heteroatoms. The van der Waals surface area contributed by atoms with Crippen molar-refractivity contribution in [1.82, 2.24) is 0 Å². The number of para-hydroxylation sites is 4. The van der Waals surface area contributed by atoms with Crippen LogP contribution in [-0.2, 0) is 47.4 Å². The molecule has 0 saturated carbocycles. The zero-order chi connectivity index (χ0) is 64.4. The van der Waals surface area contributed by atoms with E-state index in [4.69, 9.17) is 74.5 Å². The quantitative estimate of drug-likeness (QED) is 0.0550. The van der Waals surface area contributed by atoms with Crippen LogP contribution in [-0.4, -0.2) is 79.0 Å². The minimum Gasteiger partial charge on any atom is -0.465 e. The lowest BCUT2D eigenvalue weighted by Gasteiger charge is -2.35. The molecule has 4 aliphatic heterocycles. The first-order chi connectivity index (χ1) is 44.2. The van der Waals surface area contributed by atoms with Crippen LogP contribution in [0.15, 0.2) is 158 Å². The van der Waals surface area contributed by atoms with Crippen LogP contribution in [0.2, 0.25) is 0 Å². The summed E-state index contributed by atoms with van der Waals surface area (Å²) in [7, 11) is -2.94. The zero-order valence-electron chi connectivity index (χ0n) is 53.2. The van der Waals surface area contributed by atoms with Gasteiger partial charge in [0, 0.05) is 32.8 Å². The summed E-state index contributed by atoms with van der Waals surface area (Å²) in [5.74, 6) is -0.474. The van der Waals surface area contributed by atoms with Crippen molar-refractivity contribution < 1.29 is 84.1 Å². The first kappa shape index (κ1) is 64.7. The van der Waals surface area contributed by atoms with Crippen LogP contribution in [0, 0.1) is 21.7 Å². The molecule has 4 fully saturated rings. The Morgan fingerprint density at radius 2 is 0.587 bits per heavy atom. The Morgan fingerprint density at radius 1 is 0.348 bits per heavy atom. The smallest absolute Gasteiger partial charge is 0.465 e. The van der Waals surface area contributed by atoms with Gasteiger partial charge in [-0.05, 0) is 57.9 Å². The fourth-order valence-corrected chi connectivity index (χ4v) is 13.2. The van der Waals surface area contributed by atoms with Crippen molar-refractivity contribution >= 4 is 50.7 Å². The van der Waals surface area contributed by atoms with Crippen molar-refractivity contribution in [2.24, 2.45) is 21.7 Å². The highest BCUT2D eigenvalue weighted by Gasteiger charge is 2.40. The van der Waals surface area contributed by atoms with E-state index in [0.29, 0.717) is 120 Å². The largest absolute Gasteiger partial charge is 0.530 e. The second-order valence-electron chi connectivity index (χ2n) is 26.3. The fraction of sp³-hybridized carbons (Fsp3) is 0.361. The summed E-state index contributed by atoms with van der Waals surface area (Å²) in [5, 5.41) is 2.27. The molecule has 92 heavy (non-hydrogen) atoms. The van der Waals surface area contributed by atoms with Crippen molar-refractivity contribution in [2.45, 2.75) is 80.6 Å². The summed E-state index contributed by atoms with van der Waals surface area (Å²) in [4.78, 5) is 29.8. The fourth-order valence-electron chi connectivity index (χ4n) is 11.0. The van der Waals surface area contributed by atoms with Crippen LogP contribution in [0.25, 0.3) is 32.7 Å². The zero-order valence-corrected chi connectivity index (χ0v) is 55.0. The molecule has 4 saturated heterocycles. The highest BCUT2D eigenvalue weighted by atomic mass is 31.2. The van der Waals surface area contributed by atoms with E-state index in [1.807, 2.05) is 121 Å². The molecule has 0 aromatic heterocycles. The Labute approximate surface area is 538 Å².